The predicted molar refractivity (Wildman–Crippen MR) is 111 cm³/mol. The Morgan fingerprint density at radius 3 is 2.62 bits per heavy atom. The highest BCUT2D eigenvalue weighted by Gasteiger charge is 2.17. The van der Waals surface area contributed by atoms with E-state index in [1.807, 2.05) is 0 Å². The van der Waals surface area contributed by atoms with Gasteiger partial charge in [-0.15, -0.1) is 0 Å². The lowest BCUT2D eigenvalue weighted by atomic mass is 10.1. The van der Waals surface area contributed by atoms with Crippen LogP contribution in [-0.2, 0) is 6.54 Å². The van der Waals surface area contributed by atoms with Gasteiger partial charge >= 0.3 is 0 Å². The summed E-state index contributed by atoms with van der Waals surface area (Å²) in [5.74, 6) is 0. The van der Waals surface area contributed by atoms with Gasteiger partial charge < -0.3 is 16.0 Å². The molecule has 4 rings (SSSR count). The molecule has 1 unspecified atom stereocenters. The lowest BCUT2D eigenvalue weighted by Crippen LogP contribution is -2.24. The number of rotatable bonds is 7. The molecular weight excluding hydrogens is 340 g/mol. The maximum Gasteiger partial charge on any atom is 0.0790 e. The van der Waals surface area contributed by atoms with Crippen molar-refractivity contribution in [3.8, 4) is 0 Å². The van der Waals surface area contributed by atoms with Crippen LogP contribution in [0.2, 0.25) is 0 Å². The molecule has 1 atom stereocenters. The SMILES string of the molecule is NCCC(NCc1ccc(N2CCCC2)cc1)c1nsc2ccccc12. The van der Waals surface area contributed by atoms with Crippen LogP contribution < -0.4 is 16.0 Å². The zero-order valence-electron chi connectivity index (χ0n) is 15.0. The maximum absolute atomic E-state index is 5.87. The Bertz CT molecular complexity index is 837. The molecule has 1 aliphatic heterocycles. The highest BCUT2D eigenvalue weighted by Crippen LogP contribution is 2.29. The van der Waals surface area contributed by atoms with E-state index in [0.29, 0.717) is 6.54 Å². The summed E-state index contributed by atoms with van der Waals surface area (Å²) in [6.45, 7) is 3.86. The van der Waals surface area contributed by atoms with Gasteiger partial charge in [0.15, 0.2) is 0 Å². The summed E-state index contributed by atoms with van der Waals surface area (Å²) in [6.07, 6.45) is 3.51. The maximum atomic E-state index is 5.87. The zero-order valence-corrected chi connectivity index (χ0v) is 15.8. The number of hydrogen-bond acceptors (Lipinski definition) is 5. The molecule has 0 amide bonds. The van der Waals surface area contributed by atoms with Crippen LogP contribution in [0, 0.1) is 0 Å². The van der Waals surface area contributed by atoms with Crippen LogP contribution in [-0.4, -0.2) is 24.0 Å². The molecule has 0 spiro atoms. The molecule has 0 bridgehead atoms. The smallest absolute Gasteiger partial charge is 0.0790 e. The van der Waals surface area contributed by atoms with Crippen molar-refractivity contribution >= 4 is 27.3 Å². The molecule has 2 heterocycles. The van der Waals surface area contributed by atoms with Crippen LogP contribution in [0.1, 0.15) is 36.6 Å². The Morgan fingerprint density at radius 2 is 1.85 bits per heavy atom. The summed E-state index contributed by atoms with van der Waals surface area (Å²) in [7, 11) is 0. The Kier molecular flexibility index (Phi) is 5.48. The minimum atomic E-state index is 0.189. The van der Waals surface area contributed by atoms with Crippen LogP contribution in [0.15, 0.2) is 48.5 Å². The summed E-state index contributed by atoms with van der Waals surface area (Å²) < 4.78 is 5.95. The van der Waals surface area contributed by atoms with Crippen LogP contribution in [0.25, 0.3) is 10.1 Å². The van der Waals surface area contributed by atoms with E-state index in [1.54, 1.807) is 11.5 Å². The molecule has 1 aliphatic rings. The molecule has 26 heavy (non-hydrogen) atoms. The quantitative estimate of drug-likeness (QED) is 0.662. The number of benzene rings is 2. The first-order chi connectivity index (χ1) is 12.8. The molecule has 3 aromatic rings. The number of nitrogens with zero attached hydrogens (tertiary/aromatic N) is 2. The molecule has 2 aromatic carbocycles. The van der Waals surface area contributed by atoms with Gasteiger partial charge in [-0.2, -0.15) is 4.37 Å². The second-order valence-corrected chi connectivity index (χ2v) is 7.74. The first-order valence-corrected chi connectivity index (χ1v) is 10.2. The number of nitrogens with one attached hydrogen (secondary N) is 1. The van der Waals surface area contributed by atoms with Gasteiger partial charge in [0.1, 0.15) is 0 Å². The molecule has 1 saturated heterocycles. The highest BCUT2D eigenvalue weighted by atomic mass is 32.1. The van der Waals surface area contributed by atoms with Crippen molar-refractivity contribution < 1.29 is 0 Å². The Balaban J connectivity index is 1.45. The van der Waals surface area contributed by atoms with Crippen LogP contribution in [0.5, 0.6) is 0 Å². The molecule has 5 heteroatoms. The fraction of sp³-hybridized carbons (Fsp3) is 0.381. The van der Waals surface area contributed by atoms with Crippen LogP contribution >= 0.6 is 11.5 Å². The fourth-order valence-corrected chi connectivity index (χ4v) is 4.53. The molecule has 1 aromatic heterocycles. The van der Waals surface area contributed by atoms with Crippen molar-refractivity contribution in [3.05, 3.63) is 59.8 Å². The average Bonchev–Trinajstić information content (AvgIpc) is 3.36. The van der Waals surface area contributed by atoms with Gasteiger partial charge in [0, 0.05) is 30.7 Å². The number of fused-ring (bicyclic) bond motifs is 1. The lowest BCUT2D eigenvalue weighted by molar-refractivity contribution is 0.500. The van der Waals surface area contributed by atoms with Crippen molar-refractivity contribution in [3.63, 3.8) is 0 Å². The monoisotopic (exact) mass is 366 g/mol. The van der Waals surface area contributed by atoms with Gasteiger partial charge in [-0.05, 0) is 61.1 Å². The molecule has 3 N–H and O–H groups in total. The fourth-order valence-electron chi connectivity index (χ4n) is 3.70. The zero-order chi connectivity index (χ0) is 17.8. The van der Waals surface area contributed by atoms with Gasteiger partial charge in [0.25, 0.3) is 0 Å². The molecular formula is C21H26N4S. The summed E-state index contributed by atoms with van der Waals surface area (Å²) >= 11 is 1.57. The number of anilines is 1. The first-order valence-electron chi connectivity index (χ1n) is 9.47. The second kappa shape index (κ2) is 8.16. The Labute approximate surface area is 159 Å². The van der Waals surface area contributed by atoms with E-state index >= 15 is 0 Å². The van der Waals surface area contributed by atoms with Gasteiger partial charge in [-0.3, -0.25) is 0 Å². The van der Waals surface area contributed by atoms with E-state index in [2.05, 4.69) is 58.7 Å². The standard InChI is InChI=1S/C21H26N4S/c22-12-11-19(21-18-5-1-2-6-20(18)26-24-21)23-15-16-7-9-17(10-8-16)25-13-3-4-14-25/h1-2,5-10,19,23H,3-4,11-15,22H2. The predicted octanol–water partition coefficient (Wildman–Crippen LogP) is 4.08. The Hall–Kier alpha value is -1.95. The van der Waals surface area contributed by atoms with E-state index in [-0.39, 0.29) is 6.04 Å². The highest BCUT2D eigenvalue weighted by molar-refractivity contribution is 7.13. The third-order valence-electron chi connectivity index (χ3n) is 5.15. The molecule has 136 valence electrons. The molecule has 0 saturated carbocycles. The molecule has 1 fully saturated rings. The summed E-state index contributed by atoms with van der Waals surface area (Å²) in [4.78, 5) is 2.47. The number of hydrogen-bond donors (Lipinski definition) is 2. The second-order valence-electron chi connectivity index (χ2n) is 6.94. The third-order valence-corrected chi connectivity index (χ3v) is 5.99. The van der Waals surface area contributed by atoms with Gasteiger partial charge in [-0.1, -0.05) is 30.3 Å². The molecule has 4 nitrogen and oxygen atoms in total. The summed E-state index contributed by atoms with van der Waals surface area (Å²) in [6, 6.07) is 17.6. The lowest BCUT2D eigenvalue weighted by Gasteiger charge is -2.19. The van der Waals surface area contributed by atoms with E-state index in [1.165, 1.54) is 47.3 Å². The van der Waals surface area contributed by atoms with Crippen molar-refractivity contribution in [1.29, 1.82) is 0 Å². The van der Waals surface area contributed by atoms with Gasteiger partial charge in [0.2, 0.25) is 0 Å². The van der Waals surface area contributed by atoms with E-state index in [9.17, 15) is 0 Å². The van der Waals surface area contributed by atoms with E-state index < -0.39 is 0 Å². The van der Waals surface area contributed by atoms with E-state index in [4.69, 9.17) is 10.1 Å². The largest absolute Gasteiger partial charge is 0.372 e. The third kappa shape index (κ3) is 3.75. The van der Waals surface area contributed by atoms with Crippen LogP contribution in [0.4, 0.5) is 5.69 Å². The van der Waals surface area contributed by atoms with Crippen molar-refractivity contribution in [2.24, 2.45) is 5.73 Å². The molecule has 0 radical (unpaired) electrons. The number of nitrogens with two attached hydrogens (primary N) is 1. The Morgan fingerprint density at radius 1 is 1.08 bits per heavy atom. The average molecular weight is 367 g/mol. The first kappa shape index (κ1) is 17.5. The van der Waals surface area contributed by atoms with Gasteiger partial charge in [0.05, 0.1) is 16.4 Å². The van der Waals surface area contributed by atoms with Gasteiger partial charge in [-0.25, -0.2) is 0 Å². The summed E-state index contributed by atoms with van der Waals surface area (Å²) in [5, 5.41) is 4.91. The molecule has 0 aliphatic carbocycles. The van der Waals surface area contributed by atoms with Crippen molar-refractivity contribution in [2.75, 3.05) is 24.5 Å². The van der Waals surface area contributed by atoms with Crippen molar-refractivity contribution in [2.45, 2.75) is 31.8 Å². The number of aromatic nitrogens is 1. The van der Waals surface area contributed by atoms with Crippen molar-refractivity contribution in [1.82, 2.24) is 9.69 Å². The minimum absolute atomic E-state index is 0.189. The topological polar surface area (TPSA) is 54.2 Å². The van der Waals surface area contributed by atoms with E-state index in [0.717, 1.165) is 18.7 Å². The van der Waals surface area contributed by atoms with Crippen LogP contribution in [0.3, 0.4) is 0 Å². The minimum Gasteiger partial charge on any atom is -0.372 e. The summed E-state index contributed by atoms with van der Waals surface area (Å²) in [5.41, 5.74) is 9.64. The normalized spacial score (nSPS) is 15.7.